The molecule has 3 aromatic heterocycles. The molecule has 3 heterocycles. The van der Waals surface area contributed by atoms with Crippen LogP contribution in [0.5, 0.6) is 11.5 Å². The summed E-state index contributed by atoms with van der Waals surface area (Å²) >= 11 is 0. The average Bonchev–Trinajstić information content (AvgIpc) is 3.80. The third kappa shape index (κ3) is 8.42. The maximum Gasteiger partial charge on any atom is 0.474 e. The molecule has 5 rings (SSSR count). The van der Waals surface area contributed by atoms with Crippen LogP contribution < -0.4 is 14.8 Å². The zero-order valence-corrected chi connectivity index (χ0v) is 27.0. The number of benzene rings is 1. The zero-order valence-electron chi connectivity index (χ0n) is 26.2. The number of nitrogens with zero attached hydrogens (tertiary/aromatic N) is 6. The van der Waals surface area contributed by atoms with Gasteiger partial charge in [-0.15, -0.1) is 0 Å². The summed E-state index contributed by atoms with van der Waals surface area (Å²) in [5, 5.41) is 7.82. The Morgan fingerprint density at radius 1 is 1.15 bits per heavy atom. The lowest BCUT2D eigenvalue weighted by molar-refractivity contribution is -0.169. The predicted octanol–water partition coefficient (Wildman–Crippen LogP) is 6.35. The number of pyridine rings is 1. The van der Waals surface area contributed by atoms with Crippen LogP contribution in [0.25, 0.3) is 11.5 Å². The number of carbonyl (C=O) groups excluding carboxylic acids is 1. The van der Waals surface area contributed by atoms with Gasteiger partial charge in [0.1, 0.15) is 23.1 Å². The summed E-state index contributed by atoms with van der Waals surface area (Å²) in [7, 11) is -3.45. The Balaban J connectivity index is 1.42. The molecule has 1 aliphatic rings. The van der Waals surface area contributed by atoms with Crippen LogP contribution in [0.4, 0.5) is 33.5 Å². The first-order valence-electron chi connectivity index (χ1n) is 14.9. The predicted molar refractivity (Wildman–Crippen MR) is 167 cm³/mol. The van der Waals surface area contributed by atoms with E-state index in [2.05, 4.69) is 24.6 Å². The number of nitrogens with one attached hydrogen (secondary N) is 1. The van der Waals surface area contributed by atoms with Crippen molar-refractivity contribution >= 4 is 27.1 Å². The second-order valence-corrected chi connectivity index (χ2v) is 13.6. The summed E-state index contributed by atoms with van der Waals surface area (Å²) in [6, 6.07) is 5.65. The highest BCUT2D eigenvalue weighted by atomic mass is 32.2. The maximum atomic E-state index is 15.0. The second kappa shape index (κ2) is 14.2. The number of hydrogen-bond donors (Lipinski definition) is 1. The number of ether oxygens (including phenoxy) is 2. The number of amides is 1. The average molecular weight is 694 g/mol. The molecule has 1 aromatic carbocycles. The van der Waals surface area contributed by atoms with Crippen molar-refractivity contribution in [3.63, 3.8) is 0 Å². The molecule has 1 saturated carbocycles. The molecule has 0 radical (unpaired) electrons. The zero-order chi connectivity index (χ0) is 34.6. The molecule has 0 saturated heterocycles. The van der Waals surface area contributed by atoms with Crippen molar-refractivity contribution in [2.75, 3.05) is 30.5 Å². The van der Waals surface area contributed by atoms with E-state index < -0.39 is 33.4 Å². The highest BCUT2D eigenvalue weighted by molar-refractivity contribution is 7.93. The monoisotopic (exact) mass is 693 g/mol. The topological polar surface area (TPSA) is 133 Å². The Labute approximate surface area is 273 Å². The smallest absolute Gasteiger partial charge is 0.474 e. The number of rotatable bonds is 13. The van der Waals surface area contributed by atoms with Crippen molar-refractivity contribution in [1.82, 2.24) is 24.7 Å². The van der Waals surface area contributed by atoms with Crippen LogP contribution in [0.3, 0.4) is 0 Å². The van der Waals surface area contributed by atoms with Crippen LogP contribution in [0, 0.1) is 18.6 Å². The Hall–Kier alpha value is -4.67. The minimum absolute atomic E-state index is 0.00729. The lowest BCUT2D eigenvalue weighted by atomic mass is 10.1. The summed E-state index contributed by atoms with van der Waals surface area (Å²) in [5.41, 5.74) is 2.41. The van der Waals surface area contributed by atoms with Crippen molar-refractivity contribution in [1.29, 1.82) is 0 Å². The number of alkyl halides is 3. The minimum atomic E-state index is -5.21. The van der Waals surface area contributed by atoms with E-state index >= 15 is 8.78 Å². The van der Waals surface area contributed by atoms with Gasteiger partial charge in [0.05, 0.1) is 35.7 Å². The summed E-state index contributed by atoms with van der Waals surface area (Å²) < 4.78 is 95.6. The van der Waals surface area contributed by atoms with Gasteiger partial charge in [0, 0.05) is 65.0 Å². The van der Waals surface area contributed by atoms with Crippen LogP contribution >= 0.6 is 0 Å². The Morgan fingerprint density at radius 2 is 1.83 bits per heavy atom. The maximum absolute atomic E-state index is 15.0. The molecule has 1 fully saturated rings. The highest BCUT2D eigenvalue weighted by Gasteiger charge is 2.39. The quantitative estimate of drug-likeness (QED) is 0.126. The van der Waals surface area contributed by atoms with Crippen molar-refractivity contribution in [2.45, 2.75) is 51.7 Å². The second-order valence-electron chi connectivity index (χ2n) is 11.1. The molecule has 1 atom stereocenters. The molecule has 11 nitrogen and oxygen atoms in total. The molecule has 4 aromatic rings. The SMILES string of the molecule is CCOc1cc(F)c(Cn2nc(-c3ncc(OCCCS(C)(=O)=NC(=O)C(F)(F)F)c(Nc4ccncc4)n3)c(C)c2C2CC2)c(F)c1. The number of anilines is 2. The van der Waals surface area contributed by atoms with E-state index in [4.69, 9.17) is 14.6 Å². The van der Waals surface area contributed by atoms with Crippen molar-refractivity contribution < 1.29 is 40.4 Å². The first kappa shape index (κ1) is 34.7. The Morgan fingerprint density at radius 3 is 2.46 bits per heavy atom. The molecule has 0 spiro atoms. The normalized spacial score (nSPS) is 14.3. The van der Waals surface area contributed by atoms with Gasteiger partial charge in [-0.3, -0.25) is 14.5 Å². The third-order valence-electron chi connectivity index (χ3n) is 7.29. The van der Waals surface area contributed by atoms with E-state index in [0.29, 0.717) is 11.4 Å². The van der Waals surface area contributed by atoms with Gasteiger partial charge in [-0.1, -0.05) is 0 Å². The fourth-order valence-electron chi connectivity index (χ4n) is 4.94. The van der Waals surface area contributed by atoms with E-state index in [0.717, 1.165) is 42.5 Å². The van der Waals surface area contributed by atoms with Gasteiger partial charge >= 0.3 is 12.1 Å². The lowest BCUT2D eigenvalue weighted by Crippen LogP contribution is -2.22. The number of halogens is 5. The number of hydrogen-bond acceptors (Lipinski definition) is 9. The third-order valence-corrected chi connectivity index (χ3v) is 8.89. The first-order chi connectivity index (χ1) is 22.8. The molecule has 1 unspecified atom stereocenters. The molecule has 1 N–H and O–H groups in total. The summed E-state index contributed by atoms with van der Waals surface area (Å²) in [5.74, 6) is -3.40. The van der Waals surface area contributed by atoms with Gasteiger partial charge in [-0.2, -0.15) is 22.6 Å². The molecule has 17 heteroatoms. The summed E-state index contributed by atoms with van der Waals surface area (Å²) in [6.07, 6.45) is 2.05. The summed E-state index contributed by atoms with van der Waals surface area (Å²) in [6.45, 7) is 3.56. The van der Waals surface area contributed by atoms with Gasteiger partial charge < -0.3 is 14.8 Å². The van der Waals surface area contributed by atoms with E-state index in [1.54, 1.807) is 36.1 Å². The van der Waals surface area contributed by atoms with Crippen LogP contribution in [-0.4, -0.2) is 66.2 Å². The van der Waals surface area contributed by atoms with Gasteiger partial charge in [-0.25, -0.2) is 23.0 Å². The van der Waals surface area contributed by atoms with Crippen LogP contribution in [-0.2, 0) is 21.1 Å². The van der Waals surface area contributed by atoms with E-state index in [-0.39, 0.29) is 66.6 Å². The van der Waals surface area contributed by atoms with Crippen molar-refractivity contribution in [3.8, 4) is 23.0 Å². The molecule has 0 bridgehead atoms. The van der Waals surface area contributed by atoms with E-state index in [1.807, 2.05) is 6.92 Å². The largest absolute Gasteiger partial charge is 0.494 e. The Bertz CT molecular complexity index is 1900. The number of aromatic nitrogens is 5. The fourth-order valence-corrected chi connectivity index (χ4v) is 6.13. The van der Waals surface area contributed by atoms with Crippen LogP contribution in [0.2, 0.25) is 0 Å². The molecule has 48 heavy (non-hydrogen) atoms. The van der Waals surface area contributed by atoms with E-state index in [9.17, 15) is 22.2 Å². The van der Waals surface area contributed by atoms with Gasteiger partial charge in [0.25, 0.3) is 0 Å². The van der Waals surface area contributed by atoms with Crippen molar-refractivity contribution in [3.05, 3.63) is 71.3 Å². The fraction of sp³-hybridized carbons (Fsp3) is 0.387. The van der Waals surface area contributed by atoms with Crippen LogP contribution in [0.1, 0.15) is 48.9 Å². The molecular formula is C31H32F5N7O4S. The van der Waals surface area contributed by atoms with E-state index in [1.165, 1.54) is 6.20 Å². The van der Waals surface area contributed by atoms with Crippen molar-refractivity contribution in [2.24, 2.45) is 4.36 Å². The van der Waals surface area contributed by atoms with Gasteiger partial charge in [-0.05, 0) is 45.2 Å². The standard InChI is InChI=1S/C31H32F5N7O4S/c1-4-46-21-14-23(32)22(24(33)15-21)17-43-27(19-6-7-19)18(2)26(41-43)29-38-16-25(28(40-29)39-20-8-10-37-11-9-20)47-12-5-13-48(3,45)42-30(44)31(34,35)36/h8-11,14-16,19H,4-7,12-13,17H2,1-3H3,(H,37,38,39,40). The number of carbonyl (C=O) groups is 1. The lowest BCUT2D eigenvalue weighted by Gasteiger charge is -2.13. The minimum Gasteiger partial charge on any atom is -0.494 e. The van der Waals surface area contributed by atoms with Crippen LogP contribution in [0.15, 0.2) is 47.2 Å². The Kier molecular flexibility index (Phi) is 10.3. The molecule has 1 aliphatic carbocycles. The molecular weight excluding hydrogens is 661 g/mol. The highest BCUT2D eigenvalue weighted by Crippen LogP contribution is 2.44. The van der Waals surface area contributed by atoms with Gasteiger partial charge in [0.2, 0.25) is 0 Å². The molecule has 0 aliphatic heterocycles. The first-order valence-corrected chi connectivity index (χ1v) is 17.0. The molecule has 1 amide bonds. The summed E-state index contributed by atoms with van der Waals surface area (Å²) in [4.78, 5) is 24.3. The molecule has 256 valence electrons. The van der Waals surface area contributed by atoms with Gasteiger partial charge in [0.15, 0.2) is 17.4 Å².